The molecular weight excluding hydrogens is 346 g/mol. The van der Waals surface area contributed by atoms with E-state index in [0.717, 1.165) is 10.0 Å². The van der Waals surface area contributed by atoms with Gasteiger partial charge in [0, 0.05) is 10.0 Å². The van der Waals surface area contributed by atoms with E-state index in [1.807, 2.05) is 30.3 Å². The number of nitrogens with zero attached hydrogens (tertiary/aromatic N) is 1. The van der Waals surface area contributed by atoms with Gasteiger partial charge in [0.15, 0.2) is 11.5 Å². The summed E-state index contributed by atoms with van der Waals surface area (Å²) in [6.07, 6.45) is 0. The van der Waals surface area contributed by atoms with Crippen LogP contribution >= 0.6 is 15.9 Å². The van der Waals surface area contributed by atoms with Gasteiger partial charge in [0.2, 0.25) is 11.7 Å². The predicted octanol–water partition coefficient (Wildman–Crippen LogP) is 4.23. The zero-order chi connectivity index (χ0) is 15.1. The molecule has 0 bridgehead atoms. The molecule has 1 aromatic heterocycles. The van der Waals surface area contributed by atoms with Crippen molar-refractivity contribution < 1.29 is 13.9 Å². The Morgan fingerprint density at radius 1 is 1.05 bits per heavy atom. The molecule has 0 amide bonds. The number of carbonyl (C=O) groups is 1. The Balaban J connectivity index is 1.80. The number of rotatable bonds is 1. The smallest absolute Gasteiger partial charge is 0.227 e. The molecule has 0 spiro atoms. The van der Waals surface area contributed by atoms with Crippen LogP contribution in [0.4, 0.5) is 0 Å². The van der Waals surface area contributed by atoms with E-state index in [4.69, 9.17) is 9.15 Å². The highest BCUT2D eigenvalue weighted by molar-refractivity contribution is 9.10. The summed E-state index contributed by atoms with van der Waals surface area (Å²) in [5.74, 6) is 1.27. The molecule has 2 heterocycles. The zero-order valence-corrected chi connectivity index (χ0v) is 13.0. The maximum absolute atomic E-state index is 12.6. The Morgan fingerprint density at radius 2 is 1.82 bits per heavy atom. The average molecular weight is 356 g/mol. The van der Waals surface area contributed by atoms with E-state index >= 15 is 0 Å². The standard InChI is InChI=1S/C17H10BrNO3/c18-11-7-5-10(6-8-11)17-19-15-14(22-17)9-21-13-4-2-1-3-12(13)16(15)20/h1-8H,9H2. The molecule has 1 aliphatic heterocycles. The Hall–Kier alpha value is -2.40. The van der Waals surface area contributed by atoms with Crippen LogP contribution in [-0.2, 0) is 6.61 Å². The fourth-order valence-corrected chi connectivity index (χ4v) is 2.66. The SMILES string of the molecule is O=C1c2ccccc2OCc2oc(-c3ccc(Br)cc3)nc21. The second-order valence-corrected chi connectivity index (χ2v) is 5.83. The summed E-state index contributed by atoms with van der Waals surface area (Å²) in [5, 5.41) is 0. The van der Waals surface area contributed by atoms with Crippen LogP contribution in [0.3, 0.4) is 0 Å². The molecule has 108 valence electrons. The van der Waals surface area contributed by atoms with E-state index < -0.39 is 0 Å². The summed E-state index contributed by atoms with van der Waals surface area (Å²) < 4.78 is 12.4. The fraction of sp³-hybridized carbons (Fsp3) is 0.0588. The normalized spacial score (nSPS) is 13.0. The summed E-state index contributed by atoms with van der Waals surface area (Å²) in [5.41, 5.74) is 1.65. The number of oxazole rings is 1. The van der Waals surface area contributed by atoms with E-state index in [0.29, 0.717) is 28.7 Å². The predicted molar refractivity (Wildman–Crippen MR) is 83.8 cm³/mol. The third-order valence-corrected chi connectivity index (χ3v) is 4.02. The van der Waals surface area contributed by atoms with Crippen molar-refractivity contribution in [2.75, 3.05) is 0 Å². The van der Waals surface area contributed by atoms with E-state index in [-0.39, 0.29) is 12.4 Å². The Labute approximate surface area is 134 Å². The van der Waals surface area contributed by atoms with Gasteiger partial charge in [-0.05, 0) is 36.4 Å². The number of benzene rings is 2. The number of aromatic nitrogens is 1. The highest BCUT2D eigenvalue weighted by Crippen LogP contribution is 2.31. The Morgan fingerprint density at radius 3 is 2.64 bits per heavy atom. The highest BCUT2D eigenvalue weighted by atomic mass is 79.9. The van der Waals surface area contributed by atoms with Crippen molar-refractivity contribution in [3.05, 3.63) is 70.0 Å². The quantitative estimate of drug-likeness (QED) is 0.655. The number of halogens is 1. The second kappa shape index (κ2) is 5.10. The van der Waals surface area contributed by atoms with Gasteiger partial charge in [-0.1, -0.05) is 28.1 Å². The molecular formula is C17H10BrNO3. The Kier molecular flexibility index (Phi) is 3.08. The lowest BCUT2D eigenvalue weighted by atomic mass is 10.1. The third kappa shape index (κ3) is 2.14. The number of hydrogen-bond donors (Lipinski definition) is 0. The van der Waals surface area contributed by atoms with E-state index in [2.05, 4.69) is 20.9 Å². The van der Waals surface area contributed by atoms with Gasteiger partial charge in [-0.3, -0.25) is 4.79 Å². The van der Waals surface area contributed by atoms with Crippen LogP contribution in [0.15, 0.2) is 57.4 Å². The topological polar surface area (TPSA) is 52.3 Å². The van der Waals surface area contributed by atoms with Crippen LogP contribution in [0.2, 0.25) is 0 Å². The molecule has 0 radical (unpaired) electrons. The van der Waals surface area contributed by atoms with Gasteiger partial charge >= 0.3 is 0 Å². The molecule has 4 rings (SSSR count). The average Bonchev–Trinajstić information content (AvgIpc) is 2.92. The molecule has 0 atom stereocenters. The summed E-state index contributed by atoms with van der Waals surface area (Å²) in [6.45, 7) is 0.196. The zero-order valence-electron chi connectivity index (χ0n) is 11.4. The van der Waals surface area contributed by atoms with Gasteiger partial charge in [0.05, 0.1) is 5.56 Å². The van der Waals surface area contributed by atoms with Crippen LogP contribution in [-0.4, -0.2) is 10.8 Å². The summed E-state index contributed by atoms with van der Waals surface area (Å²) in [7, 11) is 0. The summed E-state index contributed by atoms with van der Waals surface area (Å²) in [6, 6.07) is 14.7. The molecule has 3 aromatic rings. The first-order valence-electron chi connectivity index (χ1n) is 6.74. The minimum absolute atomic E-state index is 0.171. The van der Waals surface area contributed by atoms with Crippen molar-refractivity contribution in [1.29, 1.82) is 0 Å². The van der Waals surface area contributed by atoms with Crippen molar-refractivity contribution in [1.82, 2.24) is 4.98 Å². The molecule has 4 nitrogen and oxygen atoms in total. The molecule has 0 fully saturated rings. The number of para-hydroxylation sites is 1. The van der Waals surface area contributed by atoms with Crippen LogP contribution in [0, 0.1) is 0 Å². The number of ketones is 1. The molecule has 1 aliphatic rings. The van der Waals surface area contributed by atoms with E-state index in [1.54, 1.807) is 18.2 Å². The first kappa shape index (κ1) is 13.3. The number of fused-ring (bicyclic) bond motifs is 2. The first-order chi connectivity index (χ1) is 10.7. The lowest BCUT2D eigenvalue weighted by Crippen LogP contribution is -2.02. The van der Waals surface area contributed by atoms with Gasteiger partial charge in [-0.2, -0.15) is 0 Å². The lowest BCUT2D eigenvalue weighted by Gasteiger charge is -2.04. The molecule has 0 saturated carbocycles. The maximum atomic E-state index is 12.6. The molecule has 0 N–H and O–H groups in total. The maximum Gasteiger partial charge on any atom is 0.227 e. The van der Waals surface area contributed by atoms with Gasteiger partial charge in [0.1, 0.15) is 12.4 Å². The number of ether oxygens (including phenoxy) is 1. The van der Waals surface area contributed by atoms with Crippen LogP contribution in [0.5, 0.6) is 5.75 Å². The number of carbonyl (C=O) groups excluding carboxylic acids is 1. The third-order valence-electron chi connectivity index (χ3n) is 3.49. The molecule has 22 heavy (non-hydrogen) atoms. The van der Waals surface area contributed by atoms with Crippen molar-refractivity contribution in [3.63, 3.8) is 0 Å². The minimum Gasteiger partial charge on any atom is -0.485 e. The van der Waals surface area contributed by atoms with Crippen LogP contribution < -0.4 is 4.74 Å². The molecule has 0 saturated heterocycles. The van der Waals surface area contributed by atoms with Gasteiger partial charge < -0.3 is 9.15 Å². The van der Waals surface area contributed by atoms with Crippen molar-refractivity contribution in [3.8, 4) is 17.2 Å². The van der Waals surface area contributed by atoms with Crippen molar-refractivity contribution in [2.24, 2.45) is 0 Å². The number of hydrogen-bond acceptors (Lipinski definition) is 4. The van der Waals surface area contributed by atoms with Gasteiger partial charge in [-0.15, -0.1) is 0 Å². The van der Waals surface area contributed by atoms with Crippen molar-refractivity contribution in [2.45, 2.75) is 6.61 Å². The molecule has 2 aromatic carbocycles. The van der Waals surface area contributed by atoms with E-state index in [1.165, 1.54) is 0 Å². The lowest BCUT2D eigenvalue weighted by molar-refractivity contribution is 0.103. The summed E-state index contributed by atoms with van der Waals surface area (Å²) >= 11 is 3.39. The Bertz CT molecular complexity index is 868. The molecule has 0 unspecified atom stereocenters. The second-order valence-electron chi connectivity index (χ2n) is 4.91. The van der Waals surface area contributed by atoms with Crippen molar-refractivity contribution >= 4 is 21.7 Å². The fourth-order valence-electron chi connectivity index (χ4n) is 2.39. The van der Waals surface area contributed by atoms with Gasteiger partial charge in [-0.25, -0.2) is 4.98 Å². The highest BCUT2D eigenvalue weighted by Gasteiger charge is 2.27. The first-order valence-corrected chi connectivity index (χ1v) is 7.54. The monoisotopic (exact) mass is 355 g/mol. The van der Waals surface area contributed by atoms with E-state index in [9.17, 15) is 4.79 Å². The largest absolute Gasteiger partial charge is 0.485 e. The molecule has 5 heteroatoms. The van der Waals surface area contributed by atoms with Crippen LogP contribution in [0.25, 0.3) is 11.5 Å². The summed E-state index contributed by atoms with van der Waals surface area (Å²) in [4.78, 5) is 17.0. The van der Waals surface area contributed by atoms with Crippen LogP contribution in [0.1, 0.15) is 21.8 Å². The molecule has 0 aliphatic carbocycles. The van der Waals surface area contributed by atoms with Gasteiger partial charge in [0.25, 0.3) is 0 Å². The minimum atomic E-state index is -0.171.